The summed E-state index contributed by atoms with van der Waals surface area (Å²) in [7, 11) is 0. The molecule has 3 heteroatoms. The summed E-state index contributed by atoms with van der Waals surface area (Å²) in [6.45, 7) is 9.84. The van der Waals surface area contributed by atoms with Crippen LogP contribution < -0.4 is 10.6 Å². The molecular formula is C14H22N2S. The summed E-state index contributed by atoms with van der Waals surface area (Å²) in [5.74, 6) is 0.608. The van der Waals surface area contributed by atoms with Gasteiger partial charge < -0.3 is 10.6 Å². The number of hydrogen-bond donors (Lipinski definition) is 1. The van der Waals surface area contributed by atoms with E-state index in [2.05, 4.69) is 38.7 Å². The molecule has 0 aliphatic heterocycles. The molecule has 0 atom stereocenters. The summed E-state index contributed by atoms with van der Waals surface area (Å²) < 4.78 is 0. The first-order chi connectivity index (χ1) is 7.93. The van der Waals surface area contributed by atoms with Crippen molar-refractivity contribution in [1.82, 2.24) is 0 Å². The number of anilines is 1. The Kier molecular flexibility index (Phi) is 4.94. The quantitative estimate of drug-likeness (QED) is 0.814. The third-order valence-corrected chi connectivity index (χ3v) is 2.88. The van der Waals surface area contributed by atoms with Crippen LogP contribution in [0, 0.1) is 5.92 Å². The van der Waals surface area contributed by atoms with Crippen molar-refractivity contribution in [2.75, 3.05) is 11.4 Å². The SMILES string of the molecule is CC(C)CN(c1ccccc1C(N)=S)C(C)C. The Bertz CT molecular complexity index is 386. The number of para-hydroxylation sites is 1. The summed E-state index contributed by atoms with van der Waals surface area (Å²) in [5.41, 5.74) is 7.90. The van der Waals surface area contributed by atoms with Gasteiger partial charge in [-0.1, -0.05) is 38.2 Å². The van der Waals surface area contributed by atoms with Gasteiger partial charge in [-0.05, 0) is 31.9 Å². The average molecular weight is 250 g/mol. The molecule has 1 aromatic carbocycles. The fraction of sp³-hybridized carbons (Fsp3) is 0.500. The number of hydrogen-bond acceptors (Lipinski definition) is 2. The van der Waals surface area contributed by atoms with E-state index in [1.807, 2.05) is 18.2 Å². The smallest absolute Gasteiger partial charge is 0.106 e. The van der Waals surface area contributed by atoms with Crippen molar-refractivity contribution < 1.29 is 0 Å². The first-order valence-corrected chi connectivity index (χ1v) is 6.49. The summed E-state index contributed by atoms with van der Waals surface area (Å²) in [6.07, 6.45) is 0. The van der Waals surface area contributed by atoms with E-state index in [4.69, 9.17) is 18.0 Å². The van der Waals surface area contributed by atoms with E-state index in [0.717, 1.165) is 17.8 Å². The molecular weight excluding hydrogens is 228 g/mol. The first-order valence-electron chi connectivity index (χ1n) is 6.09. The van der Waals surface area contributed by atoms with Crippen molar-refractivity contribution in [3.8, 4) is 0 Å². The van der Waals surface area contributed by atoms with Crippen molar-refractivity contribution in [2.24, 2.45) is 11.7 Å². The van der Waals surface area contributed by atoms with Gasteiger partial charge in [0.15, 0.2) is 0 Å². The van der Waals surface area contributed by atoms with Crippen LogP contribution in [0.4, 0.5) is 5.69 Å². The number of nitrogens with two attached hydrogens (primary N) is 1. The van der Waals surface area contributed by atoms with E-state index in [0.29, 0.717) is 16.9 Å². The molecule has 0 aromatic heterocycles. The molecule has 1 aromatic rings. The fourth-order valence-electron chi connectivity index (χ4n) is 1.91. The van der Waals surface area contributed by atoms with Crippen molar-refractivity contribution in [3.05, 3.63) is 29.8 Å². The zero-order valence-corrected chi connectivity index (χ0v) is 11.9. The van der Waals surface area contributed by atoms with E-state index in [1.54, 1.807) is 0 Å². The predicted octanol–water partition coefficient (Wildman–Crippen LogP) is 3.19. The molecule has 0 saturated carbocycles. The lowest BCUT2D eigenvalue weighted by molar-refractivity contribution is 0.571. The summed E-state index contributed by atoms with van der Waals surface area (Å²) in [4.78, 5) is 2.83. The van der Waals surface area contributed by atoms with Crippen LogP contribution in [0.15, 0.2) is 24.3 Å². The largest absolute Gasteiger partial charge is 0.389 e. The topological polar surface area (TPSA) is 29.3 Å². The van der Waals surface area contributed by atoms with Gasteiger partial charge in [-0.2, -0.15) is 0 Å². The Morgan fingerprint density at radius 2 is 1.82 bits per heavy atom. The molecule has 2 nitrogen and oxygen atoms in total. The van der Waals surface area contributed by atoms with Crippen LogP contribution in [0.25, 0.3) is 0 Å². The maximum Gasteiger partial charge on any atom is 0.106 e. The Balaban J connectivity index is 3.13. The molecule has 0 fully saturated rings. The van der Waals surface area contributed by atoms with Gasteiger partial charge in [0.1, 0.15) is 4.99 Å². The molecule has 0 bridgehead atoms. The lowest BCUT2D eigenvalue weighted by Gasteiger charge is -2.32. The van der Waals surface area contributed by atoms with Gasteiger partial charge in [0.05, 0.1) is 0 Å². The molecule has 94 valence electrons. The molecule has 2 N–H and O–H groups in total. The van der Waals surface area contributed by atoms with Crippen molar-refractivity contribution in [2.45, 2.75) is 33.7 Å². The maximum absolute atomic E-state index is 5.79. The van der Waals surface area contributed by atoms with Crippen LogP contribution in [0.3, 0.4) is 0 Å². The zero-order chi connectivity index (χ0) is 13.0. The van der Waals surface area contributed by atoms with Gasteiger partial charge in [0.2, 0.25) is 0 Å². The fourth-order valence-corrected chi connectivity index (χ4v) is 2.09. The number of benzene rings is 1. The molecule has 0 radical (unpaired) electrons. The minimum absolute atomic E-state index is 0.438. The van der Waals surface area contributed by atoms with E-state index in [9.17, 15) is 0 Å². The average Bonchev–Trinajstić information content (AvgIpc) is 2.25. The molecule has 0 aliphatic carbocycles. The molecule has 0 spiro atoms. The minimum Gasteiger partial charge on any atom is -0.389 e. The number of thiocarbonyl (C=S) groups is 1. The number of nitrogens with zero attached hydrogens (tertiary/aromatic N) is 1. The van der Waals surface area contributed by atoms with Gasteiger partial charge in [0, 0.05) is 23.8 Å². The highest BCUT2D eigenvalue weighted by Crippen LogP contribution is 2.23. The van der Waals surface area contributed by atoms with Gasteiger partial charge >= 0.3 is 0 Å². The molecule has 0 aliphatic rings. The molecule has 0 amide bonds. The summed E-state index contributed by atoms with van der Waals surface area (Å²) >= 11 is 5.12. The summed E-state index contributed by atoms with van der Waals surface area (Å²) in [6, 6.07) is 8.54. The lowest BCUT2D eigenvalue weighted by atomic mass is 10.1. The van der Waals surface area contributed by atoms with Crippen LogP contribution in [0.5, 0.6) is 0 Å². The third-order valence-electron chi connectivity index (χ3n) is 2.66. The van der Waals surface area contributed by atoms with E-state index < -0.39 is 0 Å². The normalized spacial score (nSPS) is 10.9. The first kappa shape index (κ1) is 14.0. The number of rotatable bonds is 5. The Morgan fingerprint density at radius 3 is 2.29 bits per heavy atom. The second-order valence-electron chi connectivity index (χ2n) is 5.02. The van der Waals surface area contributed by atoms with E-state index in [-0.39, 0.29) is 0 Å². The summed E-state index contributed by atoms with van der Waals surface area (Å²) in [5, 5.41) is 0. The van der Waals surface area contributed by atoms with Crippen LogP contribution in [0.2, 0.25) is 0 Å². The standard InChI is InChI=1S/C14H22N2S/c1-10(2)9-16(11(3)4)13-8-6-5-7-12(13)14(15)17/h5-8,10-11H,9H2,1-4H3,(H2,15,17). The molecule has 0 heterocycles. The van der Waals surface area contributed by atoms with E-state index in [1.165, 1.54) is 0 Å². The Labute approximate surface area is 110 Å². The molecule has 1 rings (SSSR count). The monoisotopic (exact) mass is 250 g/mol. The zero-order valence-electron chi connectivity index (χ0n) is 11.1. The Hall–Kier alpha value is -1.09. The van der Waals surface area contributed by atoms with Gasteiger partial charge in [-0.15, -0.1) is 0 Å². The van der Waals surface area contributed by atoms with Crippen molar-refractivity contribution >= 4 is 22.9 Å². The lowest BCUT2D eigenvalue weighted by Crippen LogP contribution is -2.35. The molecule has 0 saturated heterocycles. The second kappa shape index (κ2) is 6.01. The van der Waals surface area contributed by atoms with Crippen LogP contribution >= 0.6 is 12.2 Å². The molecule has 17 heavy (non-hydrogen) atoms. The van der Waals surface area contributed by atoms with Gasteiger partial charge in [0.25, 0.3) is 0 Å². The van der Waals surface area contributed by atoms with Crippen LogP contribution in [0.1, 0.15) is 33.3 Å². The van der Waals surface area contributed by atoms with Gasteiger partial charge in [-0.25, -0.2) is 0 Å². The van der Waals surface area contributed by atoms with Gasteiger partial charge in [-0.3, -0.25) is 0 Å². The predicted molar refractivity (Wildman–Crippen MR) is 79.6 cm³/mol. The highest BCUT2D eigenvalue weighted by atomic mass is 32.1. The van der Waals surface area contributed by atoms with Crippen LogP contribution in [-0.2, 0) is 0 Å². The molecule has 0 unspecified atom stereocenters. The second-order valence-corrected chi connectivity index (χ2v) is 5.46. The third kappa shape index (κ3) is 3.70. The minimum atomic E-state index is 0.438. The van der Waals surface area contributed by atoms with Crippen LogP contribution in [-0.4, -0.2) is 17.6 Å². The highest BCUT2D eigenvalue weighted by molar-refractivity contribution is 7.80. The van der Waals surface area contributed by atoms with Crippen molar-refractivity contribution in [1.29, 1.82) is 0 Å². The Morgan fingerprint density at radius 1 is 1.24 bits per heavy atom. The maximum atomic E-state index is 5.79. The highest BCUT2D eigenvalue weighted by Gasteiger charge is 2.16. The van der Waals surface area contributed by atoms with E-state index >= 15 is 0 Å². The van der Waals surface area contributed by atoms with Crippen molar-refractivity contribution in [3.63, 3.8) is 0 Å².